The Hall–Kier alpha value is -1.96. The lowest BCUT2D eigenvalue weighted by atomic mass is 10.2. The van der Waals surface area contributed by atoms with Gasteiger partial charge in [0, 0.05) is 6.20 Å². The van der Waals surface area contributed by atoms with E-state index < -0.39 is 10.0 Å². The molecule has 0 saturated carbocycles. The van der Waals surface area contributed by atoms with E-state index in [2.05, 4.69) is 19.8 Å². The number of hydrogen-bond donors (Lipinski definition) is 1. The zero-order valence-electron chi connectivity index (χ0n) is 12.1. The summed E-state index contributed by atoms with van der Waals surface area (Å²) in [4.78, 5) is 8.14. The quantitative estimate of drug-likeness (QED) is 0.837. The summed E-state index contributed by atoms with van der Waals surface area (Å²) in [6.07, 6.45) is 3.78. The summed E-state index contributed by atoms with van der Waals surface area (Å²) < 4.78 is 27.7. The SMILES string of the molecule is CC(C)CCS(=O)(=O)Nc1ncn(Cc2ccccn2)n1. The van der Waals surface area contributed by atoms with Gasteiger partial charge in [-0.25, -0.2) is 17.8 Å². The average molecular weight is 309 g/mol. The summed E-state index contributed by atoms with van der Waals surface area (Å²) in [7, 11) is -3.39. The van der Waals surface area contributed by atoms with Gasteiger partial charge in [-0.2, -0.15) is 4.98 Å². The Labute approximate surface area is 124 Å². The molecule has 2 aromatic rings. The van der Waals surface area contributed by atoms with Gasteiger partial charge in [-0.3, -0.25) is 4.98 Å². The smallest absolute Gasteiger partial charge is 0.255 e. The highest BCUT2D eigenvalue weighted by Crippen LogP contribution is 2.07. The number of nitrogens with zero attached hydrogens (tertiary/aromatic N) is 4. The minimum atomic E-state index is -3.39. The van der Waals surface area contributed by atoms with Crippen LogP contribution in [0.1, 0.15) is 26.0 Å². The van der Waals surface area contributed by atoms with Gasteiger partial charge >= 0.3 is 0 Å². The molecule has 2 heterocycles. The first-order valence-electron chi connectivity index (χ1n) is 6.74. The second kappa shape index (κ2) is 6.66. The van der Waals surface area contributed by atoms with E-state index in [1.54, 1.807) is 10.9 Å². The van der Waals surface area contributed by atoms with Crippen LogP contribution in [-0.2, 0) is 16.6 Å². The van der Waals surface area contributed by atoms with Crippen molar-refractivity contribution in [2.75, 3.05) is 10.5 Å². The Morgan fingerprint density at radius 2 is 2.10 bits per heavy atom. The highest BCUT2D eigenvalue weighted by molar-refractivity contribution is 7.92. The molecule has 8 heteroatoms. The van der Waals surface area contributed by atoms with Gasteiger partial charge in [-0.1, -0.05) is 19.9 Å². The lowest BCUT2D eigenvalue weighted by Crippen LogP contribution is -2.19. The molecule has 0 aliphatic rings. The Morgan fingerprint density at radius 1 is 1.29 bits per heavy atom. The molecule has 0 radical (unpaired) electrons. The largest absolute Gasteiger partial charge is 0.259 e. The number of pyridine rings is 1. The van der Waals surface area contributed by atoms with E-state index in [1.807, 2.05) is 32.0 Å². The van der Waals surface area contributed by atoms with Crippen LogP contribution in [0.5, 0.6) is 0 Å². The predicted octanol–water partition coefficient (Wildman–Crippen LogP) is 1.51. The van der Waals surface area contributed by atoms with Gasteiger partial charge in [-0.05, 0) is 24.5 Å². The molecule has 0 fully saturated rings. The second-order valence-electron chi connectivity index (χ2n) is 5.19. The van der Waals surface area contributed by atoms with Gasteiger partial charge in [0.15, 0.2) is 0 Å². The van der Waals surface area contributed by atoms with Crippen molar-refractivity contribution in [3.63, 3.8) is 0 Å². The van der Waals surface area contributed by atoms with Gasteiger partial charge in [0.25, 0.3) is 5.95 Å². The summed E-state index contributed by atoms with van der Waals surface area (Å²) >= 11 is 0. The maximum Gasteiger partial charge on any atom is 0.255 e. The Kier molecular flexibility index (Phi) is 4.89. The van der Waals surface area contributed by atoms with Crippen molar-refractivity contribution in [2.24, 2.45) is 5.92 Å². The van der Waals surface area contributed by atoms with Crippen LogP contribution in [0, 0.1) is 5.92 Å². The summed E-state index contributed by atoms with van der Waals surface area (Å²) in [5.41, 5.74) is 0.830. The van der Waals surface area contributed by atoms with Gasteiger partial charge in [0.2, 0.25) is 10.0 Å². The molecule has 21 heavy (non-hydrogen) atoms. The number of nitrogens with one attached hydrogen (secondary N) is 1. The van der Waals surface area contributed by atoms with E-state index in [1.165, 1.54) is 6.33 Å². The molecular weight excluding hydrogens is 290 g/mol. The van der Waals surface area contributed by atoms with Crippen molar-refractivity contribution >= 4 is 16.0 Å². The van der Waals surface area contributed by atoms with Crippen molar-refractivity contribution in [1.29, 1.82) is 0 Å². The normalized spacial score (nSPS) is 11.8. The van der Waals surface area contributed by atoms with E-state index in [4.69, 9.17) is 0 Å². The molecule has 0 spiro atoms. The Morgan fingerprint density at radius 3 is 2.76 bits per heavy atom. The first-order valence-corrected chi connectivity index (χ1v) is 8.40. The molecule has 0 bridgehead atoms. The molecule has 0 amide bonds. The number of rotatable bonds is 7. The fraction of sp³-hybridized carbons (Fsp3) is 0.462. The number of aromatic nitrogens is 4. The lowest BCUT2D eigenvalue weighted by Gasteiger charge is -2.06. The molecule has 7 nitrogen and oxygen atoms in total. The van der Waals surface area contributed by atoms with Crippen LogP contribution in [-0.4, -0.2) is 33.9 Å². The van der Waals surface area contributed by atoms with Crippen molar-refractivity contribution in [2.45, 2.75) is 26.8 Å². The van der Waals surface area contributed by atoms with Gasteiger partial charge in [0.1, 0.15) is 6.33 Å². The molecular formula is C13H19N5O2S. The number of sulfonamides is 1. The van der Waals surface area contributed by atoms with E-state index in [-0.39, 0.29) is 11.7 Å². The molecule has 0 unspecified atom stereocenters. The van der Waals surface area contributed by atoms with Gasteiger partial charge in [-0.15, -0.1) is 5.10 Å². The summed E-state index contributed by atoms with van der Waals surface area (Å²) in [5.74, 6) is 0.491. The molecule has 0 saturated heterocycles. The third-order valence-electron chi connectivity index (χ3n) is 2.80. The summed E-state index contributed by atoms with van der Waals surface area (Å²) in [6.45, 7) is 4.41. The minimum Gasteiger partial charge on any atom is -0.259 e. The average Bonchev–Trinajstić information content (AvgIpc) is 2.84. The third-order valence-corrected chi connectivity index (χ3v) is 4.06. The third kappa shape index (κ3) is 5.14. The van der Waals surface area contributed by atoms with Crippen LogP contribution in [0.15, 0.2) is 30.7 Å². The fourth-order valence-corrected chi connectivity index (χ4v) is 2.91. The van der Waals surface area contributed by atoms with Gasteiger partial charge < -0.3 is 0 Å². The zero-order chi connectivity index (χ0) is 15.3. The maximum absolute atomic E-state index is 11.9. The first-order chi connectivity index (χ1) is 9.94. The number of hydrogen-bond acceptors (Lipinski definition) is 5. The van der Waals surface area contributed by atoms with E-state index in [9.17, 15) is 8.42 Å². The van der Waals surface area contributed by atoms with Crippen molar-refractivity contribution < 1.29 is 8.42 Å². The molecule has 1 N–H and O–H groups in total. The summed E-state index contributed by atoms with van der Waals surface area (Å²) in [5, 5.41) is 4.09. The highest BCUT2D eigenvalue weighted by Gasteiger charge is 2.14. The van der Waals surface area contributed by atoms with Crippen LogP contribution in [0.25, 0.3) is 0 Å². The van der Waals surface area contributed by atoms with Crippen molar-refractivity contribution in [3.8, 4) is 0 Å². The Bertz CT molecular complexity index is 667. The van der Waals surface area contributed by atoms with Crippen LogP contribution in [0.3, 0.4) is 0 Å². The van der Waals surface area contributed by atoms with Crippen LogP contribution in [0.4, 0.5) is 5.95 Å². The van der Waals surface area contributed by atoms with Crippen molar-refractivity contribution in [3.05, 3.63) is 36.4 Å². The molecule has 2 aromatic heterocycles. The molecule has 0 aliphatic carbocycles. The van der Waals surface area contributed by atoms with Gasteiger partial charge in [0.05, 0.1) is 18.0 Å². The van der Waals surface area contributed by atoms with Crippen LogP contribution in [0.2, 0.25) is 0 Å². The zero-order valence-corrected chi connectivity index (χ0v) is 12.9. The number of anilines is 1. The predicted molar refractivity (Wildman–Crippen MR) is 80.2 cm³/mol. The molecule has 2 rings (SSSR count). The second-order valence-corrected chi connectivity index (χ2v) is 7.03. The maximum atomic E-state index is 11.9. The first kappa shape index (κ1) is 15.4. The minimum absolute atomic E-state index is 0.0689. The van der Waals surface area contributed by atoms with E-state index in [0.29, 0.717) is 18.9 Å². The van der Waals surface area contributed by atoms with Crippen molar-refractivity contribution in [1.82, 2.24) is 19.7 Å². The van der Waals surface area contributed by atoms with Crippen LogP contribution >= 0.6 is 0 Å². The van der Waals surface area contributed by atoms with E-state index >= 15 is 0 Å². The highest BCUT2D eigenvalue weighted by atomic mass is 32.2. The molecule has 114 valence electrons. The summed E-state index contributed by atoms with van der Waals surface area (Å²) in [6, 6.07) is 5.59. The molecule has 0 atom stereocenters. The molecule has 0 aliphatic heterocycles. The lowest BCUT2D eigenvalue weighted by molar-refractivity contribution is 0.577. The monoisotopic (exact) mass is 309 g/mol. The Balaban J connectivity index is 1.97. The standard InChI is InChI=1S/C13H19N5O2S/c1-11(2)6-8-21(19,20)17-13-15-10-18(16-13)9-12-5-3-4-7-14-12/h3-5,7,10-11H,6,8-9H2,1-2H3,(H,16,17). The molecule has 0 aromatic carbocycles. The van der Waals surface area contributed by atoms with Crippen LogP contribution < -0.4 is 4.72 Å². The topological polar surface area (TPSA) is 89.8 Å². The fourth-order valence-electron chi connectivity index (χ4n) is 1.66. The van der Waals surface area contributed by atoms with E-state index in [0.717, 1.165) is 5.69 Å².